The van der Waals surface area contributed by atoms with E-state index in [2.05, 4.69) is 22.5 Å². The first-order valence-corrected chi connectivity index (χ1v) is 17.5. The molecule has 0 heterocycles. The number of carbonyl (C=O) groups is 3. The van der Waals surface area contributed by atoms with Gasteiger partial charge in [0.15, 0.2) is 5.96 Å². The van der Waals surface area contributed by atoms with Gasteiger partial charge in [0.2, 0.25) is 5.91 Å². The second-order valence-electron chi connectivity index (χ2n) is 12.0. The van der Waals surface area contributed by atoms with Gasteiger partial charge in [-0.25, -0.2) is 9.79 Å². The van der Waals surface area contributed by atoms with Gasteiger partial charge in [0.25, 0.3) is 0 Å². The molecule has 1 aliphatic rings. The summed E-state index contributed by atoms with van der Waals surface area (Å²) in [6.45, 7) is 11.5. The Hall–Kier alpha value is -2.68. The van der Waals surface area contributed by atoms with E-state index in [9.17, 15) is 19.5 Å². The Morgan fingerprint density at radius 1 is 0.809 bits per heavy atom. The lowest BCUT2D eigenvalue weighted by atomic mass is 9.80. The maximum absolute atomic E-state index is 12.8. The molecule has 7 N–H and O–H groups in total. The topological polar surface area (TPSA) is 206 Å². The van der Waals surface area contributed by atoms with Gasteiger partial charge >= 0.3 is 12.1 Å². The fourth-order valence-corrected chi connectivity index (χ4v) is 6.09. The minimum absolute atomic E-state index is 0.0111. The summed E-state index contributed by atoms with van der Waals surface area (Å²) in [6.07, 6.45) is 8.49. The van der Waals surface area contributed by atoms with Crippen LogP contribution in [0.4, 0.5) is 4.79 Å². The minimum Gasteiger partial charge on any atom is -0.481 e. The van der Waals surface area contributed by atoms with Crippen LogP contribution in [0.2, 0.25) is 0 Å². The minimum atomic E-state index is -1.13. The van der Waals surface area contributed by atoms with Gasteiger partial charge in [-0.15, -0.1) is 0 Å². The number of carbonyl (C=O) groups excluding carboxylic acids is 2. The normalized spacial score (nSPS) is 19.8. The quantitative estimate of drug-likeness (QED) is 0.0463. The third-order valence-corrected chi connectivity index (χ3v) is 8.46. The Kier molecular flexibility index (Phi) is 23.7. The van der Waals surface area contributed by atoms with Crippen LogP contribution in [0.3, 0.4) is 0 Å². The molecule has 274 valence electrons. The molecular weight excluding hydrogens is 610 g/mol. The number of rotatable bonds is 28. The lowest BCUT2D eigenvalue weighted by Gasteiger charge is -2.36. The Morgan fingerprint density at radius 2 is 1.34 bits per heavy atom. The van der Waals surface area contributed by atoms with Gasteiger partial charge in [0.05, 0.1) is 58.2 Å². The van der Waals surface area contributed by atoms with E-state index in [1.165, 1.54) is 45.4 Å². The van der Waals surface area contributed by atoms with E-state index < -0.39 is 42.1 Å². The number of hydrogen-bond acceptors (Lipinski definition) is 9. The number of aliphatic imine (C=N–C) groups is 1. The molecule has 0 bridgehead atoms. The molecule has 1 rings (SSSR count). The summed E-state index contributed by atoms with van der Waals surface area (Å²) >= 11 is 0. The van der Waals surface area contributed by atoms with Crippen LogP contribution in [0.1, 0.15) is 91.9 Å². The number of nitrogens with zero attached hydrogens (tertiary/aromatic N) is 1. The van der Waals surface area contributed by atoms with E-state index in [-0.39, 0.29) is 37.4 Å². The van der Waals surface area contributed by atoms with E-state index in [1.54, 1.807) is 0 Å². The number of amides is 2. The number of alkyl carbamates (subject to hydrolysis) is 1. The van der Waals surface area contributed by atoms with Gasteiger partial charge in [-0.3, -0.25) is 9.59 Å². The highest BCUT2D eigenvalue weighted by atomic mass is 16.6. The van der Waals surface area contributed by atoms with Crippen molar-refractivity contribution in [2.24, 2.45) is 34.2 Å². The Labute approximate surface area is 281 Å². The molecule has 0 aromatic heterocycles. The lowest BCUT2D eigenvalue weighted by molar-refractivity contribution is -0.145. The van der Waals surface area contributed by atoms with Crippen LogP contribution in [-0.2, 0) is 33.3 Å². The van der Waals surface area contributed by atoms with Crippen molar-refractivity contribution in [2.45, 2.75) is 110 Å². The Balaban J connectivity index is 2.36. The molecule has 2 amide bonds. The smallest absolute Gasteiger partial charge is 0.407 e. The average Bonchev–Trinajstić information content (AvgIpc) is 3.36. The summed E-state index contributed by atoms with van der Waals surface area (Å²) in [7, 11) is 0. The first-order chi connectivity index (χ1) is 22.7. The van der Waals surface area contributed by atoms with Crippen LogP contribution in [0.5, 0.6) is 0 Å². The zero-order valence-electron chi connectivity index (χ0n) is 29.2. The highest BCUT2D eigenvalue weighted by molar-refractivity contribution is 5.77. The molecule has 1 saturated carbocycles. The van der Waals surface area contributed by atoms with Gasteiger partial charge in [0.1, 0.15) is 6.10 Å². The molecule has 0 aromatic carbocycles. The number of unbranched alkanes of at least 4 members (excludes halogenated alkanes) is 6. The lowest BCUT2D eigenvalue weighted by Crippen LogP contribution is -2.52. The first-order valence-electron chi connectivity index (χ1n) is 17.5. The van der Waals surface area contributed by atoms with Crippen LogP contribution >= 0.6 is 0 Å². The number of guanidine groups is 1. The van der Waals surface area contributed by atoms with Gasteiger partial charge in [0, 0.05) is 32.0 Å². The summed E-state index contributed by atoms with van der Waals surface area (Å²) in [5, 5.41) is 15.6. The molecule has 14 heteroatoms. The number of nitrogens with one attached hydrogen (secondary N) is 2. The number of hydrogen-bond donors (Lipinski definition) is 5. The van der Waals surface area contributed by atoms with Crippen molar-refractivity contribution in [3.05, 3.63) is 0 Å². The van der Waals surface area contributed by atoms with Gasteiger partial charge in [-0.2, -0.15) is 0 Å². The number of nitrogens with two attached hydrogens (primary N) is 2. The maximum atomic E-state index is 12.8. The predicted octanol–water partition coefficient (Wildman–Crippen LogP) is 3.20. The van der Waals surface area contributed by atoms with Crippen LogP contribution < -0.4 is 22.1 Å². The molecule has 0 aromatic rings. The van der Waals surface area contributed by atoms with Crippen LogP contribution in [0.15, 0.2) is 4.99 Å². The highest BCUT2D eigenvalue weighted by Crippen LogP contribution is 2.41. The van der Waals surface area contributed by atoms with E-state index in [4.69, 9.17) is 35.2 Å². The van der Waals surface area contributed by atoms with Crippen molar-refractivity contribution in [3.63, 3.8) is 0 Å². The van der Waals surface area contributed by atoms with Crippen molar-refractivity contribution in [1.29, 1.82) is 0 Å². The van der Waals surface area contributed by atoms with Crippen molar-refractivity contribution in [3.8, 4) is 0 Å². The fraction of sp³-hybridized carbons (Fsp3) is 0.879. The summed E-state index contributed by atoms with van der Waals surface area (Å²) in [6, 6.07) is -1.15. The van der Waals surface area contributed by atoms with E-state index in [1.807, 2.05) is 13.8 Å². The van der Waals surface area contributed by atoms with E-state index in [0.29, 0.717) is 52.5 Å². The number of ether oxygens (including phenoxy) is 5. The molecule has 47 heavy (non-hydrogen) atoms. The third-order valence-electron chi connectivity index (χ3n) is 8.46. The van der Waals surface area contributed by atoms with Crippen molar-refractivity contribution in [1.82, 2.24) is 10.6 Å². The fourth-order valence-electron chi connectivity index (χ4n) is 6.09. The second-order valence-corrected chi connectivity index (χ2v) is 12.0. The number of carboxylic acids is 1. The van der Waals surface area contributed by atoms with Crippen LogP contribution in [-0.4, -0.2) is 107 Å². The summed E-state index contributed by atoms with van der Waals surface area (Å²) in [5.41, 5.74) is 11.3. The maximum Gasteiger partial charge on any atom is 0.407 e. The zero-order valence-corrected chi connectivity index (χ0v) is 29.2. The molecule has 0 aliphatic heterocycles. The summed E-state index contributed by atoms with van der Waals surface area (Å²) < 4.78 is 27.9. The zero-order chi connectivity index (χ0) is 34.9. The van der Waals surface area contributed by atoms with E-state index in [0.717, 1.165) is 13.0 Å². The molecule has 0 radical (unpaired) electrons. The molecule has 5 atom stereocenters. The molecule has 0 unspecified atom stereocenters. The Morgan fingerprint density at radius 3 is 1.85 bits per heavy atom. The van der Waals surface area contributed by atoms with Gasteiger partial charge in [-0.1, -0.05) is 72.1 Å². The van der Waals surface area contributed by atoms with E-state index >= 15 is 0 Å². The van der Waals surface area contributed by atoms with Crippen molar-refractivity contribution in [2.75, 3.05) is 59.4 Å². The Bertz CT molecular complexity index is 887. The number of aliphatic carboxylic acids is 1. The van der Waals surface area contributed by atoms with Crippen molar-refractivity contribution >= 4 is 23.9 Å². The molecular formula is C33H63N5O9. The second kappa shape index (κ2) is 26.3. The first kappa shape index (κ1) is 42.3. The largest absolute Gasteiger partial charge is 0.481 e. The van der Waals surface area contributed by atoms with Gasteiger partial charge < -0.3 is 50.9 Å². The number of carboxylic acid groups (broad SMARTS) is 1. The summed E-state index contributed by atoms with van der Waals surface area (Å²) in [4.78, 5) is 41.4. The predicted molar refractivity (Wildman–Crippen MR) is 180 cm³/mol. The third kappa shape index (κ3) is 18.4. The van der Waals surface area contributed by atoms with Gasteiger partial charge in [-0.05, 0) is 18.8 Å². The van der Waals surface area contributed by atoms with Crippen LogP contribution in [0, 0.1) is 17.8 Å². The molecule has 0 spiro atoms. The SMILES string of the molecule is CCCCCCCCCOCCOCCOCCOCCNC(=O)O[C@H]1[C@@H]([C@H](NC(C)=O)C(CC)CC)[C@H](N=C(N)N)C[C@@H]1C(=O)O. The molecule has 1 fully saturated rings. The molecule has 0 saturated heterocycles. The van der Waals surface area contributed by atoms with Crippen molar-refractivity contribution < 1.29 is 43.2 Å². The standard InChI is InChI=1S/C33H63N5O9/c1-5-8-9-10-11-12-13-15-43-17-19-45-21-22-46-20-18-44-16-14-36-33(42)47-30-26(31(40)41)23-27(38-32(34)35)28(30)29(37-24(4)39)25(6-2)7-3/h25-30H,5-23H2,1-4H3,(H,36,42)(H,37,39)(H,40,41)(H4,34,35,38)/t26-,27+,28+,29+,30+/m0/s1. The molecule has 14 nitrogen and oxygen atoms in total. The van der Waals surface area contributed by atoms with Crippen LogP contribution in [0.25, 0.3) is 0 Å². The average molecular weight is 674 g/mol. The monoisotopic (exact) mass is 673 g/mol. The molecule has 1 aliphatic carbocycles. The highest BCUT2D eigenvalue weighted by Gasteiger charge is 2.53. The summed E-state index contributed by atoms with van der Waals surface area (Å²) in [5.74, 6) is -3.31.